The zero-order valence-corrected chi connectivity index (χ0v) is 29.7. The van der Waals surface area contributed by atoms with Crippen molar-refractivity contribution in [1.29, 1.82) is 0 Å². The van der Waals surface area contributed by atoms with Crippen LogP contribution >= 0.6 is 0 Å². The highest BCUT2D eigenvalue weighted by Gasteiger charge is 2.35. The van der Waals surface area contributed by atoms with E-state index in [9.17, 15) is 9.59 Å². The number of amides is 2. The Morgan fingerprint density at radius 1 is 0.827 bits per heavy atom. The second kappa shape index (κ2) is 15.8. The largest absolute Gasteiger partial charge is 0.493 e. The number of hydrogen-bond acceptors (Lipinski definition) is 9. The molecule has 0 unspecified atom stereocenters. The van der Waals surface area contributed by atoms with Crippen LogP contribution in [-0.4, -0.2) is 93.5 Å². The second-order valence-corrected chi connectivity index (χ2v) is 13.2. The van der Waals surface area contributed by atoms with E-state index in [0.717, 1.165) is 17.7 Å². The molecule has 7 rings (SSSR count). The Bertz CT molecular complexity index is 1940. The van der Waals surface area contributed by atoms with Crippen molar-refractivity contribution >= 4 is 23.7 Å². The van der Waals surface area contributed by atoms with Gasteiger partial charge in [-0.05, 0) is 53.3 Å². The van der Waals surface area contributed by atoms with Gasteiger partial charge >= 0.3 is 0 Å². The summed E-state index contributed by atoms with van der Waals surface area (Å²) in [5.74, 6) is 1.80. The monoisotopic (exact) mass is 703 g/mol. The van der Waals surface area contributed by atoms with Gasteiger partial charge in [0, 0.05) is 50.6 Å². The molecule has 3 aromatic rings. The van der Waals surface area contributed by atoms with E-state index in [4.69, 9.17) is 18.9 Å². The molecule has 52 heavy (non-hydrogen) atoms. The van der Waals surface area contributed by atoms with Gasteiger partial charge in [-0.25, -0.2) is 0 Å². The number of carbonyl (C=O) groups excluding carboxylic acids is 2. The van der Waals surface area contributed by atoms with Gasteiger partial charge in [0.15, 0.2) is 23.0 Å². The smallest absolute Gasteiger partial charge is 0.256 e. The second-order valence-electron chi connectivity index (χ2n) is 13.2. The first-order chi connectivity index (χ1) is 25.4. The number of benzene rings is 3. The summed E-state index contributed by atoms with van der Waals surface area (Å²) >= 11 is 0. The zero-order valence-electron chi connectivity index (χ0n) is 29.7. The summed E-state index contributed by atoms with van der Waals surface area (Å²) < 4.78 is 23.5. The fourth-order valence-corrected chi connectivity index (χ4v) is 7.22. The third-order valence-electron chi connectivity index (χ3n) is 10.0. The number of rotatable bonds is 10. The molecule has 2 amide bonds. The molecule has 2 N–H and O–H groups in total. The van der Waals surface area contributed by atoms with Crippen LogP contribution in [0.2, 0.25) is 0 Å². The van der Waals surface area contributed by atoms with Crippen molar-refractivity contribution in [1.82, 2.24) is 15.1 Å². The minimum atomic E-state index is -0.168. The molecule has 2 atom stereocenters. The number of nitrogens with one attached hydrogen (secondary N) is 2. The first-order valence-electron chi connectivity index (χ1n) is 17.8. The molecule has 0 saturated carbocycles. The Kier molecular flexibility index (Phi) is 10.6. The van der Waals surface area contributed by atoms with Crippen molar-refractivity contribution in [2.24, 2.45) is 4.99 Å². The third kappa shape index (κ3) is 7.41. The van der Waals surface area contributed by atoms with E-state index in [1.165, 1.54) is 16.7 Å². The van der Waals surface area contributed by atoms with Crippen LogP contribution in [-0.2, 0) is 40.2 Å². The molecular weight excluding hydrogens is 658 g/mol. The molecule has 0 radical (unpaired) electrons. The molecular formula is C41H45N5O6. The Morgan fingerprint density at radius 2 is 1.52 bits per heavy atom. The van der Waals surface area contributed by atoms with Gasteiger partial charge < -0.3 is 39.4 Å². The van der Waals surface area contributed by atoms with Crippen LogP contribution in [0.15, 0.2) is 101 Å². The molecule has 270 valence electrons. The highest BCUT2D eigenvalue weighted by atomic mass is 16.5. The van der Waals surface area contributed by atoms with E-state index in [1.807, 2.05) is 46.4 Å². The summed E-state index contributed by atoms with van der Waals surface area (Å²) in [6.07, 6.45) is 6.86. The molecule has 11 heteroatoms. The average Bonchev–Trinajstić information content (AvgIpc) is 3.31. The van der Waals surface area contributed by atoms with E-state index >= 15 is 0 Å². The van der Waals surface area contributed by atoms with Gasteiger partial charge in [0.25, 0.3) is 11.8 Å². The summed E-state index contributed by atoms with van der Waals surface area (Å²) in [6.45, 7) is 7.99. The van der Waals surface area contributed by atoms with Crippen LogP contribution in [0, 0.1) is 0 Å². The molecule has 4 heterocycles. The Hall–Kier alpha value is -5.55. The molecule has 0 bridgehead atoms. The quantitative estimate of drug-likeness (QED) is 0.231. The maximum Gasteiger partial charge on any atom is 0.256 e. The molecule has 11 nitrogen and oxygen atoms in total. The Morgan fingerprint density at radius 3 is 2.25 bits per heavy atom. The van der Waals surface area contributed by atoms with Crippen LogP contribution in [0.1, 0.15) is 32.6 Å². The van der Waals surface area contributed by atoms with Gasteiger partial charge in [-0.15, -0.1) is 0 Å². The lowest BCUT2D eigenvalue weighted by atomic mass is 9.94. The summed E-state index contributed by atoms with van der Waals surface area (Å²) in [6, 6.07) is 20.0. The first-order valence-corrected chi connectivity index (χ1v) is 17.8. The fourth-order valence-electron chi connectivity index (χ4n) is 7.22. The standard InChI is InChI=1S/C41H45N5O6/c1-27-18-37(49-2)36(12-13-43-23-32-19-28-8-4-6-10-30(28)25-45(32)40(27)47)51-16-14-42-15-17-52-39-22-35-34(21-38(39)50-3)41(48)46-26-31-11-7-5-9-29(31)20-33(46)24-44-35/h4-12,18,21-23,32-33,42,44H,1,13-17,19-20,24-26H2,2-3H3/b36-12+,37-18+,43-23?/t32-,33-/m0/s1. The highest BCUT2D eigenvalue weighted by Crippen LogP contribution is 2.37. The van der Waals surface area contributed by atoms with Crippen LogP contribution in [0.3, 0.4) is 0 Å². The molecule has 4 aliphatic rings. The predicted molar refractivity (Wildman–Crippen MR) is 200 cm³/mol. The predicted octanol–water partition coefficient (Wildman–Crippen LogP) is 4.68. The third-order valence-corrected chi connectivity index (χ3v) is 10.0. The fraction of sp³-hybridized carbons (Fsp3) is 0.341. The van der Waals surface area contributed by atoms with Crippen molar-refractivity contribution in [2.45, 2.75) is 38.0 Å². The Balaban J connectivity index is 0.924. The van der Waals surface area contributed by atoms with Gasteiger partial charge in [-0.1, -0.05) is 55.1 Å². The number of nitrogens with zero attached hydrogens (tertiary/aromatic N) is 3. The number of carbonyl (C=O) groups is 2. The van der Waals surface area contributed by atoms with E-state index in [1.54, 1.807) is 26.4 Å². The molecule has 0 aliphatic carbocycles. The van der Waals surface area contributed by atoms with E-state index < -0.39 is 0 Å². The van der Waals surface area contributed by atoms with Gasteiger partial charge in [0.1, 0.15) is 13.2 Å². The van der Waals surface area contributed by atoms with Crippen molar-refractivity contribution in [3.05, 3.63) is 124 Å². The number of ether oxygens (including phenoxy) is 4. The SMILES string of the molecule is C=C1/C=C(OC)\C(OCCNCCOc2cc3c(cc2OC)C(=O)N2Cc4ccccc4C[C@H]2CN3)=C/CN=C[C@@H]2Cc3ccccc3CN2C1=O. The minimum Gasteiger partial charge on any atom is -0.493 e. The lowest BCUT2D eigenvalue weighted by Gasteiger charge is -2.35. The topological polar surface area (TPSA) is 114 Å². The summed E-state index contributed by atoms with van der Waals surface area (Å²) in [4.78, 5) is 35.6. The number of fused-ring (bicyclic) bond motifs is 5. The lowest BCUT2D eigenvalue weighted by molar-refractivity contribution is -0.128. The molecule has 0 spiro atoms. The first kappa shape index (κ1) is 34.9. The van der Waals surface area contributed by atoms with Crippen molar-refractivity contribution in [3.8, 4) is 11.5 Å². The zero-order chi connectivity index (χ0) is 36.0. The van der Waals surface area contributed by atoms with Gasteiger partial charge in [0.2, 0.25) is 0 Å². The number of methoxy groups -OCH3 is 2. The van der Waals surface area contributed by atoms with E-state index in [-0.39, 0.29) is 23.9 Å². The van der Waals surface area contributed by atoms with Crippen LogP contribution in [0.25, 0.3) is 0 Å². The molecule has 0 aromatic heterocycles. The summed E-state index contributed by atoms with van der Waals surface area (Å²) in [5.41, 5.74) is 6.48. The van der Waals surface area contributed by atoms with Crippen molar-refractivity contribution in [3.63, 3.8) is 0 Å². The van der Waals surface area contributed by atoms with Crippen LogP contribution in [0.4, 0.5) is 5.69 Å². The van der Waals surface area contributed by atoms with E-state index in [2.05, 4.69) is 52.5 Å². The maximum absolute atomic E-state index is 13.7. The number of anilines is 1. The molecule has 0 saturated heterocycles. The van der Waals surface area contributed by atoms with E-state index in [0.29, 0.717) is 93.1 Å². The lowest BCUT2D eigenvalue weighted by Crippen LogP contribution is -2.45. The normalized spacial score (nSPS) is 21.6. The summed E-state index contributed by atoms with van der Waals surface area (Å²) in [7, 11) is 3.13. The van der Waals surface area contributed by atoms with Gasteiger partial charge in [-0.3, -0.25) is 14.6 Å². The number of hydrogen-bond donors (Lipinski definition) is 2. The molecule has 4 aliphatic heterocycles. The maximum atomic E-state index is 13.7. The molecule has 0 fully saturated rings. The summed E-state index contributed by atoms with van der Waals surface area (Å²) in [5, 5.41) is 6.83. The Labute approximate surface area is 304 Å². The average molecular weight is 704 g/mol. The highest BCUT2D eigenvalue weighted by molar-refractivity contribution is 6.01. The van der Waals surface area contributed by atoms with Crippen molar-refractivity contribution in [2.75, 3.05) is 58.9 Å². The van der Waals surface area contributed by atoms with Crippen LogP contribution < -0.4 is 20.1 Å². The molecule has 3 aromatic carbocycles. The van der Waals surface area contributed by atoms with Crippen LogP contribution in [0.5, 0.6) is 11.5 Å². The van der Waals surface area contributed by atoms with Crippen molar-refractivity contribution < 1.29 is 28.5 Å². The van der Waals surface area contributed by atoms with Gasteiger partial charge in [0.05, 0.1) is 44.1 Å². The van der Waals surface area contributed by atoms with Gasteiger partial charge in [-0.2, -0.15) is 0 Å². The number of aliphatic imine (C=N–C) groups is 1. The minimum absolute atomic E-state index is 0.0110.